The van der Waals surface area contributed by atoms with Gasteiger partial charge in [0.05, 0.1) is 28.5 Å². The number of benzene rings is 9. The van der Waals surface area contributed by atoms with E-state index in [-0.39, 0.29) is 17.7 Å². The van der Waals surface area contributed by atoms with Gasteiger partial charge in [-0.25, -0.2) is 14.9 Å². The lowest BCUT2D eigenvalue weighted by atomic mass is 9.82. The Kier molecular flexibility index (Phi) is 12.5. The van der Waals surface area contributed by atoms with Crippen molar-refractivity contribution in [2.24, 2.45) is 5.92 Å². The van der Waals surface area contributed by atoms with Gasteiger partial charge in [-0.3, -0.25) is 24.1 Å². The predicted octanol–water partition coefficient (Wildman–Crippen LogP) is 18.9. The van der Waals surface area contributed by atoms with Crippen molar-refractivity contribution in [2.45, 2.75) is 60.3 Å². The van der Waals surface area contributed by atoms with Gasteiger partial charge in [-0.15, -0.1) is 0 Å². The van der Waals surface area contributed by atoms with Crippen molar-refractivity contribution < 1.29 is 19.2 Å². The van der Waals surface area contributed by atoms with Gasteiger partial charge in [-0.05, 0) is 173 Å². The Morgan fingerprint density at radius 2 is 0.708 bits per heavy atom. The molecule has 8 bridgehead atoms. The molecule has 3 aromatic heterocycles. The average Bonchev–Trinajstić information content (AvgIpc) is 1.41. The van der Waals surface area contributed by atoms with E-state index in [1.165, 1.54) is 15.4 Å². The van der Waals surface area contributed by atoms with Crippen LogP contribution in [0.25, 0.3) is 134 Å². The normalized spacial score (nSPS) is 14.0. The Morgan fingerprint density at radius 3 is 1.03 bits per heavy atom. The van der Waals surface area contributed by atoms with Crippen LogP contribution in [0.4, 0.5) is 5.69 Å². The number of carbonyl (C=O) groups is 4. The molecule has 0 saturated carbocycles. The quantitative estimate of drug-likeness (QED) is 0.0753. The molecule has 7 heterocycles. The number of hydrogen-bond donors (Lipinski definition) is 2. The van der Waals surface area contributed by atoms with E-state index >= 15 is 9.59 Å². The number of anilines is 1. The number of carbonyl (C=O) groups excluding carboxylic acids is 4. The number of rotatable bonds is 11. The van der Waals surface area contributed by atoms with Crippen LogP contribution < -0.4 is 4.90 Å². The number of fused-ring (bicyclic) bond motifs is 10. The first kappa shape index (κ1) is 53.6. The number of H-pyrrole nitrogens is 2. The minimum atomic E-state index is -0.428. The molecule has 2 N–H and O–H groups in total. The summed E-state index contributed by atoms with van der Waals surface area (Å²) in [6.45, 7) is 11.0. The number of hydrogen-bond acceptors (Lipinski definition) is 6. The number of imide groups is 2. The summed E-state index contributed by atoms with van der Waals surface area (Å²) < 4.78 is 0. The highest BCUT2D eigenvalue weighted by atomic mass is 16.2. The van der Waals surface area contributed by atoms with Crippen molar-refractivity contribution in [3.63, 3.8) is 0 Å². The number of nitrogens with zero attached hydrogens (tertiary/aromatic N) is 4. The number of amides is 4. The lowest BCUT2D eigenvalue weighted by Gasteiger charge is -2.31. The minimum Gasteiger partial charge on any atom is -0.354 e. The summed E-state index contributed by atoms with van der Waals surface area (Å²) in [5, 5.41) is 6.29. The minimum absolute atomic E-state index is 0.226. The second kappa shape index (κ2) is 20.7. The van der Waals surface area contributed by atoms with Gasteiger partial charge in [0, 0.05) is 83.9 Å². The lowest BCUT2D eigenvalue weighted by molar-refractivity contribution is 0.0579. The molecular weight excluding hydrogens is 1100 g/mol. The van der Waals surface area contributed by atoms with Gasteiger partial charge >= 0.3 is 0 Å². The summed E-state index contributed by atoms with van der Waals surface area (Å²) in [5.41, 5.74) is 20.0. The molecule has 4 amide bonds. The Balaban J connectivity index is 0.837. The molecule has 10 heteroatoms. The largest absolute Gasteiger partial charge is 0.354 e. The van der Waals surface area contributed by atoms with Crippen LogP contribution in [-0.4, -0.2) is 55.0 Å². The van der Waals surface area contributed by atoms with Gasteiger partial charge in [0.1, 0.15) is 0 Å². The number of nitrogens with one attached hydrogen (secondary N) is 2. The third kappa shape index (κ3) is 8.45. The summed E-state index contributed by atoms with van der Waals surface area (Å²) in [6, 6.07) is 57.0. The van der Waals surface area contributed by atoms with E-state index < -0.39 is 11.8 Å². The van der Waals surface area contributed by atoms with Crippen molar-refractivity contribution in [3.8, 4) is 44.5 Å². The van der Waals surface area contributed by atoms with Crippen LogP contribution in [0.3, 0.4) is 0 Å². The van der Waals surface area contributed by atoms with Crippen molar-refractivity contribution in [3.05, 3.63) is 232 Å². The zero-order chi connectivity index (χ0) is 60.5. The van der Waals surface area contributed by atoms with Gasteiger partial charge in [0.2, 0.25) is 0 Å². The van der Waals surface area contributed by atoms with E-state index in [0.29, 0.717) is 45.3 Å². The van der Waals surface area contributed by atoms with Gasteiger partial charge in [0.25, 0.3) is 23.6 Å². The number of unbranched alkanes of at least 4 members (excludes halogenated alkanes) is 1. The smallest absolute Gasteiger partial charge is 0.265 e. The second-order valence-corrected chi connectivity index (χ2v) is 24.4. The van der Waals surface area contributed by atoms with Crippen LogP contribution in [0, 0.1) is 26.7 Å². The summed E-state index contributed by atoms with van der Waals surface area (Å²) in [5.74, 6) is -1.16. The summed E-state index contributed by atoms with van der Waals surface area (Å²) >= 11 is 0. The zero-order valence-electron chi connectivity index (χ0n) is 50.0. The molecule has 4 aliphatic heterocycles. The van der Waals surface area contributed by atoms with Gasteiger partial charge < -0.3 is 9.97 Å². The van der Waals surface area contributed by atoms with Crippen molar-refractivity contribution in [2.75, 3.05) is 11.4 Å². The molecule has 0 aliphatic carbocycles. The Morgan fingerprint density at radius 1 is 0.382 bits per heavy atom. The highest BCUT2D eigenvalue weighted by Crippen LogP contribution is 2.48. The van der Waals surface area contributed by atoms with Crippen LogP contribution >= 0.6 is 0 Å². The summed E-state index contributed by atoms with van der Waals surface area (Å²) in [7, 11) is 0. The first-order valence-corrected chi connectivity index (χ1v) is 30.9. The predicted molar refractivity (Wildman–Crippen MR) is 362 cm³/mol. The highest BCUT2D eigenvalue weighted by Gasteiger charge is 2.38. The molecule has 0 saturated heterocycles. The van der Waals surface area contributed by atoms with Crippen LogP contribution in [-0.2, 0) is 0 Å². The van der Waals surface area contributed by atoms with Gasteiger partial charge in [-0.1, -0.05) is 159 Å². The second-order valence-electron chi connectivity index (χ2n) is 24.4. The van der Waals surface area contributed by atoms with Crippen LogP contribution in [0.5, 0.6) is 0 Å². The molecular formula is C79H60N6O4. The number of aryl methyl sites for hydroxylation is 3. The van der Waals surface area contributed by atoms with Crippen molar-refractivity contribution >= 4 is 119 Å². The topological polar surface area (TPSA) is 132 Å². The molecule has 1 atom stereocenters. The van der Waals surface area contributed by atoms with Gasteiger partial charge in [-0.2, -0.15) is 0 Å². The maximum Gasteiger partial charge on any atom is 0.265 e. The van der Waals surface area contributed by atoms with E-state index in [0.717, 1.165) is 158 Å². The molecule has 4 aliphatic rings. The SMILES string of the molecule is CCCCC(CC)CN1C(=O)c2ccc3c4ccc5c6c(ccc(c7ccc(c2c37)C1=O)c64)C(=O)N(c1ccc(-c2c3nc(c(-c4ccc(C)cc4)c4ccc([nH]4)c(-c4ccc(C)cc4)c4nc(c(-c6ccc(C)cc6)c6ccc2[nH]6)C=C4)C=C3)cc1)C5=O. The Labute approximate surface area is 513 Å². The first-order chi connectivity index (χ1) is 43.4. The molecule has 0 fully saturated rings. The summed E-state index contributed by atoms with van der Waals surface area (Å²) in [4.78, 5) is 80.4. The van der Waals surface area contributed by atoms with E-state index in [4.69, 9.17) is 9.97 Å². The fourth-order valence-corrected chi connectivity index (χ4v) is 14.3. The molecule has 0 radical (unpaired) electrons. The third-order valence-corrected chi connectivity index (χ3v) is 18.9. The fraction of sp³-hybridized carbons (Fsp3) is 0.139. The average molecular weight is 1160 g/mol. The third-order valence-electron chi connectivity index (χ3n) is 18.9. The molecule has 0 spiro atoms. The number of aromatic amines is 2. The number of aromatic nitrogens is 4. The molecule has 430 valence electrons. The standard InChI is InChI=1S/C79H60N6O4/c1-6-8-9-46(7-2)42-84-76(86)56-30-26-52-54-28-32-58-75-59(33-29-55(73(54)75)53-27-31-57(77(84)87)74(56)72(52)53)79(89)85(78(58)88)51-24-22-50(23-25-51)71-66-40-38-64(82-66)69(48-18-12-44(4)13-19-48)62-36-34-60(80-62)68(47-16-10-43(3)11-17-47)61-35-37-63(81-61)70(65-39-41-67(71)83-65)49-20-14-45(5)15-21-49/h10-41,46,80,83H,6-9,42H2,1-5H3. The van der Waals surface area contributed by atoms with E-state index in [9.17, 15) is 9.59 Å². The maximum atomic E-state index is 15.2. The fourth-order valence-electron chi connectivity index (χ4n) is 14.3. The molecule has 12 aromatic rings. The molecule has 89 heavy (non-hydrogen) atoms. The van der Waals surface area contributed by atoms with E-state index in [1.807, 2.05) is 72.8 Å². The van der Waals surface area contributed by atoms with Gasteiger partial charge in [0.15, 0.2) is 0 Å². The molecule has 16 rings (SSSR count). The monoisotopic (exact) mass is 1160 g/mol. The van der Waals surface area contributed by atoms with E-state index in [1.54, 1.807) is 0 Å². The first-order valence-electron chi connectivity index (χ1n) is 30.9. The zero-order valence-corrected chi connectivity index (χ0v) is 50.0. The molecule has 9 aromatic carbocycles. The van der Waals surface area contributed by atoms with Crippen molar-refractivity contribution in [1.29, 1.82) is 0 Å². The lowest BCUT2D eigenvalue weighted by Crippen LogP contribution is -2.43. The molecule has 10 nitrogen and oxygen atoms in total. The summed E-state index contributed by atoms with van der Waals surface area (Å²) in [6.07, 6.45) is 12.3. The highest BCUT2D eigenvalue weighted by molar-refractivity contribution is 6.44. The Hall–Kier alpha value is -10.8. The van der Waals surface area contributed by atoms with Crippen LogP contribution in [0.15, 0.2) is 170 Å². The maximum absolute atomic E-state index is 15.2. The van der Waals surface area contributed by atoms with Crippen LogP contribution in [0.1, 0.15) is 120 Å². The Bertz CT molecular complexity index is 5130. The molecule has 1 unspecified atom stereocenters. The van der Waals surface area contributed by atoms with E-state index in [2.05, 4.69) is 166 Å². The van der Waals surface area contributed by atoms with Crippen molar-refractivity contribution in [1.82, 2.24) is 24.8 Å². The van der Waals surface area contributed by atoms with Crippen LogP contribution in [0.2, 0.25) is 0 Å².